The second-order valence-corrected chi connectivity index (χ2v) is 8.76. The lowest BCUT2D eigenvalue weighted by Crippen LogP contribution is -2.07. The van der Waals surface area contributed by atoms with Gasteiger partial charge >= 0.3 is 0 Å². The van der Waals surface area contributed by atoms with Crippen LogP contribution in [0.1, 0.15) is 45.5 Å². The zero-order valence-corrected chi connectivity index (χ0v) is 21.2. The van der Waals surface area contributed by atoms with Crippen molar-refractivity contribution in [3.8, 4) is 17.3 Å². The molecule has 0 amide bonds. The second kappa shape index (κ2) is 10.1. The molecule has 4 heteroatoms. The fourth-order valence-electron chi connectivity index (χ4n) is 4.46. The Morgan fingerprint density at radius 1 is 0.806 bits per heavy atom. The molecule has 0 unspecified atom stereocenters. The van der Waals surface area contributed by atoms with Crippen LogP contribution in [-0.2, 0) is 0 Å². The molecule has 0 spiro atoms. The maximum atomic E-state index is 5.01. The molecule has 0 aliphatic carbocycles. The van der Waals surface area contributed by atoms with Gasteiger partial charge in [0, 0.05) is 21.9 Å². The summed E-state index contributed by atoms with van der Waals surface area (Å²) in [7, 11) is 0. The summed E-state index contributed by atoms with van der Waals surface area (Å²) in [4.78, 5) is 14.9. The van der Waals surface area contributed by atoms with E-state index < -0.39 is 0 Å². The van der Waals surface area contributed by atoms with Crippen LogP contribution in [-0.4, -0.2) is 19.5 Å². The highest BCUT2D eigenvalue weighted by Gasteiger charge is 2.18. The molecule has 36 heavy (non-hydrogen) atoms. The van der Waals surface area contributed by atoms with E-state index in [-0.39, 0.29) is 0 Å². The maximum Gasteiger partial charge on any atom is 0.238 e. The molecule has 2 aromatic heterocycles. The van der Waals surface area contributed by atoms with Gasteiger partial charge < -0.3 is 0 Å². The molecule has 5 aromatic rings. The van der Waals surface area contributed by atoms with E-state index in [9.17, 15) is 0 Å². The van der Waals surface area contributed by atoms with E-state index in [1.54, 1.807) is 0 Å². The monoisotopic (exact) mass is 470 g/mol. The molecule has 0 bridgehead atoms. The lowest BCUT2D eigenvalue weighted by Gasteiger charge is -2.11. The van der Waals surface area contributed by atoms with Crippen LogP contribution in [0.25, 0.3) is 50.3 Å². The van der Waals surface area contributed by atoms with Gasteiger partial charge in [-0.3, -0.25) is 4.57 Å². The van der Waals surface area contributed by atoms with E-state index in [0.29, 0.717) is 17.6 Å². The van der Waals surface area contributed by atoms with E-state index in [1.165, 1.54) is 21.9 Å². The molecule has 178 valence electrons. The summed E-state index contributed by atoms with van der Waals surface area (Å²) >= 11 is 0. The highest BCUT2D eigenvalue weighted by atomic mass is 15.2. The number of benzene rings is 3. The number of hydrogen-bond acceptors (Lipinski definition) is 3. The SMILES string of the molecule is C/C=C(\C)c1ccc2c(c1)c1ccccc1n2-c1nc(C(/C=C\CC)=C/C)nc(-c2ccccc2)n1. The summed E-state index contributed by atoms with van der Waals surface area (Å²) < 4.78 is 2.16. The smallest absolute Gasteiger partial charge is 0.238 e. The van der Waals surface area contributed by atoms with Crippen molar-refractivity contribution < 1.29 is 0 Å². The molecule has 0 radical (unpaired) electrons. The lowest BCUT2D eigenvalue weighted by atomic mass is 10.0. The predicted molar refractivity (Wildman–Crippen MR) is 152 cm³/mol. The normalized spacial score (nSPS) is 12.8. The van der Waals surface area contributed by atoms with E-state index in [4.69, 9.17) is 15.0 Å². The number of para-hydroxylation sites is 1. The van der Waals surface area contributed by atoms with Gasteiger partial charge in [-0.1, -0.05) is 85.8 Å². The molecule has 2 heterocycles. The van der Waals surface area contributed by atoms with Crippen molar-refractivity contribution in [2.75, 3.05) is 0 Å². The molecular weight excluding hydrogens is 440 g/mol. The second-order valence-electron chi connectivity index (χ2n) is 8.76. The van der Waals surface area contributed by atoms with Crippen molar-refractivity contribution in [2.24, 2.45) is 0 Å². The van der Waals surface area contributed by atoms with Crippen LogP contribution in [0.4, 0.5) is 0 Å². The molecule has 3 aromatic carbocycles. The highest BCUT2D eigenvalue weighted by Crippen LogP contribution is 2.33. The number of aromatic nitrogens is 4. The minimum atomic E-state index is 0.616. The van der Waals surface area contributed by atoms with Crippen LogP contribution in [0.2, 0.25) is 0 Å². The first-order valence-electron chi connectivity index (χ1n) is 12.5. The molecule has 0 aliphatic rings. The summed E-state index contributed by atoms with van der Waals surface area (Å²) in [6, 6.07) is 25.2. The van der Waals surface area contributed by atoms with Crippen molar-refractivity contribution in [2.45, 2.75) is 34.1 Å². The lowest BCUT2D eigenvalue weighted by molar-refractivity contribution is 0.932. The van der Waals surface area contributed by atoms with Gasteiger partial charge in [0.1, 0.15) is 0 Å². The van der Waals surface area contributed by atoms with Gasteiger partial charge in [0.05, 0.1) is 11.0 Å². The molecule has 0 atom stereocenters. The molecule has 5 rings (SSSR count). The average Bonchev–Trinajstić information content (AvgIpc) is 3.27. The van der Waals surface area contributed by atoms with Gasteiger partial charge in [-0.2, -0.15) is 9.97 Å². The zero-order chi connectivity index (χ0) is 25.1. The molecule has 0 aliphatic heterocycles. The van der Waals surface area contributed by atoms with E-state index in [2.05, 4.69) is 92.1 Å². The maximum absolute atomic E-state index is 5.01. The summed E-state index contributed by atoms with van der Waals surface area (Å²) in [5, 5.41) is 2.36. The first-order chi connectivity index (χ1) is 17.6. The number of fused-ring (bicyclic) bond motifs is 3. The zero-order valence-electron chi connectivity index (χ0n) is 21.2. The minimum absolute atomic E-state index is 0.616. The van der Waals surface area contributed by atoms with Crippen LogP contribution in [0.3, 0.4) is 0 Å². The molecule has 0 saturated carbocycles. The summed E-state index contributed by atoms with van der Waals surface area (Å²) in [6.45, 7) is 8.37. The summed E-state index contributed by atoms with van der Waals surface area (Å²) in [5.41, 5.74) is 6.56. The topological polar surface area (TPSA) is 43.6 Å². The van der Waals surface area contributed by atoms with Gasteiger partial charge in [-0.05, 0) is 56.5 Å². The van der Waals surface area contributed by atoms with Crippen LogP contribution in [0.5, 0.6) is 0 Å². The first kappa shape index (κ1) is 23.4. The van der Waals surface area contributed by atoms with Crippen molar-refractivity contribution in [1.82, 2.24) is 19.5 Å². The molecule has 0 saturated heterocycles. The van der Waals surface area contributed by atoms with Gasteiger partial charge in [-0.15, -0.1) is 0 Å². The van der Waals surface area contributed by atoms with Crippen molar-refractivity contribution in [1.29, 1.82) is 0 Å². The Labute approximate surface area is 212 Å². The molecule has 4 nitrogen and oxygen atoms in total. The largest absolute Gasteiger partial charge is 0.278 e. The Balaban J connectivity index is 1.83. The number of rotatable bonds is 6. The highest BCUT2D eigenvalue weighted by molar-refractivity contribution is 6.09. The number of allylic oxidation sites excluding steroid dienone is 6. The van der Waals surface area contributed by atoms with Crippen molar-refractivity contribution >= 4 is 33.0 Å². The Kier molecular flexibility index (Phi) is 6.59. The van der Waals surface area contributed by atoms with Gasteiger partial charge in [0.15, 0.2) is 11.6 Å². The van der Waals surface area contributed by atoms with Crippen LogP contribution < -0.4 is 0 Å². The van der Waals surface area contributed by atoms with E-state index >= 15 is 0 Å². The quantitative estimate of drug-likeness (QED) is 0.234. The van der Waals surface area contributed by atoms with E-state index in [0.717, 1.165) is 28.6 Å². The third-order valence-electron chi connectivity index (χ3n) is 6.52. The van der Waals surface area contributed by atoms with Crippen LogP contribution in [0, 0.1) is 0 Å². The Morgan fingerprint density at radius 3 is 2.31 bits per heavy atom. The summed E-state index contributed by atoms with van der Waals surface area (Å²) in [5.74, 6) is 1.94. The van der Waals surface area contributed by atoms with Crippen molar-refractivity contribution in [3.05, 3.63) is 108 Å². The molecule has 0 fully saturated rings. The standard InChI is InChI=1S/C32H30N4/c1-5-8-14-23(7-3)30-33-31(24-15-10-9-11-16-24)35-32(34-30)36-28-18-13-12-17-26(28)27-21-25(22(4)6-2)19-20-29(27)36/h6-21H,5H2,1-4H3/b14-8-,22-6+,23-7+. The van der Waals surface area contributed by atoms with Gasteiger partial charge in [-0.25, -0.2) is 4.98 Å². The van der Waals surface area contributed by atoms with Crippen molar-refractivity contribution in [3.63, 3.8) is 0 Å². The van der Waals surface area contributed by atoms with Gasteiger partial charge in [0.25, 0.3) is 0 Å². The minimum Gasteiger partial charge on any atom is -0.278 e. The van der Waals surface area contributed by atoms with Gasteiger partial charge in [0.2, 0.25) is 5.95 Å². The molecular formula is C32H30N4. The summed E-state index contributed by atoms with van der Waals surface area (Å²) in [6.07, 6.45) is 9.37. The fraction of sp³-hybridized carbons (Fsp3) is 0.156. The fourth-order valence-corrected chi connectivity index (χ4v) is 4.46. The molecule has 0 N–H and O–H groups in total. The predicted octanol–water partition coefficient (Wildman–Crippen LogP) is 8.43. The Morgan fingerprint density at radius 2 is 1.56 bits per heavy atom. The third-order valence-corrected chi connectivity index (χ3v) is 6.52. The van der Waals surface area contributed by atoms with E-state index in [1.807, 2.05) is 37.3 Å². The number of nitrogens with zero attached hydrogens (tertiary/aromatic N) is 4. The number of hydrogen-bond donors (Lipinski definition) is 0. The average molecular weight is 471 g/mol. The van der Waals surface area contributed by atoms with Crippen LogP contribution in [0.15, 0.2) is 97.1 Å². The first-order valence-corrected chi connectivity index (χ1v) is 12.5. The van der Waals surface area contributed by atoms with Crippen LogP contribution >= 0.6 is 0 Å². The Bertz CT molecular complexity index is 1640. The Hall–Kier alpha value is -4.31. The third kappa shape index (κ3) is 4.27.